The lowest BCUT2D eigenvalue weighted by atomic mass is 9.85. The number of rotatable bonds is 6. The summed E-state index contributed by atoms with van der Waals surface area (Å²) in [6.45, 7) is 20.1. The third-order valence-electron chi connectivity index (χ3n) is 9.59. The van der Waals surface area contributed by atoms with Crippen LogP contribution < -0.4 is 0 Å². The molecule has 0 spiro atoms. The van der Waals surface area contributed by atoms with Gasteiger partial charge in [0, 0.05) is 12.1 Å². The van der Waals surface area contributed by atoms with Crippen LogP contribution in [0.4, 0.5) is 0 Å². The summed E-state index contributed by atoms with van der Waals surface area (Å²) in [5, 5.41) is 0. The van der Waals surface area contributed by atoms with Crippen molar-refractivity contribution < 1.29 is 16.8 Å². The molecule has 1 heterocycles. The molecule has 0 aromatic heterocycles. The largest absolute Gasteiger partial charge is 0.517 e. The second kappa shape index (κ2) is 12.8. The average molecular weight is 701 g/mol. The van der Waals surface area contributed by atoms with E-state index >= 15 is 16.8 Å². The molecule has 2 atom stereocenters. The molecule has 9 heteroatoms. The Labute approximate surface area is 293 Å². The number of nitrogens with zero attached hydrogens (tertiary/aromatic N) is 2. The molecule has 1 aliphatic rings. The van der Waals surface area contributed by atoms with Crippen LogP contribution >= 0.6 is 0 Å². The Bertz CT molecular complexity index is 1860. The first-order chi connectivity index (χ1) is 22.2. The van der Waals surface area contributed by atoms with Crippen molar-refractivity contribution in [1.29, 1.82) is 0 Å². The minimum absolute atomic E-state index is 0.165. The van der Waals surface area contributed by atoms with Gasteiger partial charge in [0.2, 0.25) is 20.0 Å². The van der Waals surface area contributed by atoms with Gasteiger partial charge < -0.3 is 0 Å². The van der Waals surface area contributed by atoms with Gasteiger partial charge in [0.25, 0.3) is 0 Å². The molecule has 1 saturated heterocycles. The SMILES string of the molecule is Cc1cc(C(C)(C)C)cc(C)c1S(=O)(=O)[N]1[C@@H](c2ccccc2)[C@H](c2ccccc2)[N](S(=O)(=O)c2c(C)cc(C(C)(C)C)cc2C)[Al]1[CH3]. The molecule has 1 fully saturated rings. The maximum absolute atomic E-state index is 15.2. The number of hydrogen-bond acceptors (Lipinski definition) is 4. The van der Waals surface area contributed by atoms with Crippen LogP contribution in [0.2, 0.25) is 5.79 Å². The van der Waals surface area contributed by atoms with Crippen LogP contribution in [0, 0.1) is 27.7 Å². The number of sulfonamides is 2. The first-order valence-electron chi connectivity index (χ1n) is 16.6. The van der Waals surface area contributed by atoms with Crippen LogP contribution in [0.25, 0.3) is 0 Å². The van der Waals surface area contributed by atoms with Gasteiger partial charge in [-0.1, -0.05) is 132 Å². The number of benzene rings is 4. The van der Waals surface area contributed by atoms with Crippen molar-refractivity contribution in [2.45, 2.75) is 108 Å². The van der Waals surface area contributed by atoms with Gasteiger partial charge in [0.1, 0.15) is 0 Å². The fourth-order valence-corrected chi connectivity index (χ4v) is 17.1. The predicted octanol–water partition coefficient (Wildman–Crippen LogP) is 8.81. The molecular weight excluding hydrogens is 652 g/mol. The Morgan fingerprint density at radius 1 is 0.521 bits per heavy atom. The molecule has 1 aliphatic heterocycles. The summed E-state index contributed by atoms with van der Waals surface area (Å²) in [7, 11) is -8.36. The molecule has 0 N–H and O–H groups in total. The lowest BCUT2D eigenvalue weighted by Gasteiger charge is -2.33. The lowest BCUT2D eigenvalue weighted by molar-refractivity contribution is 0.377. The molecule has 4 aromatic carbocycles. The second-order valence-corrected chi connectivity index (χ2v) is 22.1. The molecule has 0 amide bonds. The summed E-state index contributed by atoms with van der Waals surface area (Å²) in [6.07, 6.45) is 0. The zero-order valence-corrected chi connectivity index (χ0v) is 32.9. The lowest BCUT2D eigenvalue weighted by Crippen LogP contribution is -2.47. The molecule has 0 aliphatic carbocycles. The van der Waals surface area contributed by atoms with Crippen molar-refractivity contribution in [1.82, 2.24) is 6.58 Å². The maximum Gasteiger partial charge on any atom is 0.517 e. The highest BCUT2D eigenvalue weighted by Crippen LogP contribution is 2.51. The summed E-state index contributed by atoms with van der Waals surface area (Å²) in [5.74, 6) is 1.84. The van der Waals surface area contributed by atoms with E-state index in [2.05, 4.69) is 41.5 Å². The molecule has 0 bridgehead atoms. The number of aryl methyl sites for hydroxylation is 4. The Kier molecular flexibility index (Phi) is 9.77. The van der Waals surface area contributed by atoms with Gasteiger partial charge in [0.15, 0.2) is 0 Å². The third-order valence-corrected chi connectivity index (χ3v) is 19.1. The van der Waals surface area contributed by atoms with Crippen LogP contribution in [-0.2, 0) is 30.9 Å². The minimum atomic E-state index is -4.18. The van der Waals surface area contributed by atoms with Crippen molar-refractivity contribution in [3.8, 4) is 0 Å². The van der Waals surface area contributed by atoms with Gasteiger partial charge >= 0.3 is 14.6 Å². The summed E-state index contributed by atoms with van der Waals surface area (Å²) < 4.78 is 64.1. The van der Waals surface area contributed by atoms with E-state index in [4.69, 9.17) is 0 Å². The van der Waals surface area contributed by atoms with E-state index in [0.717, 1.165) is 22.3 Å². The molecule has 0 saturated carbocycles. The second-order valence-electron chi connectivity index (χ2n) is 15.4. The van der Waals surface area contributed by atoms with E-state index in [1.165, 1.54) is 0 Å². The zero-order valence-electron chi connectivity index (χ0n) is 30.2. The standard InChI is InChI=1S/C38H46N2O4S2.CH3.Al/c1-25-21-31(37(5,6)7)22-26(2)35(25)45(41,42)39-33(29-17-13-11-14-18-29)34(30-19-15-12-16-20-30)40-46(43,44)36-27(3)23-32(24-28(36)4)38(8,9)10;;/h11-24,33-34H,1-10H3;1H3;/q-2;;+2/t33-,34-;;/m0../s1. The van der Waals surface area contributed by atoms with Crippen molar-refractivity contribution in [3.05, 3.63) is 129 Å². The third kappa shape index (κ3) is 6.46. The Morgan fingerprint density at radius 2 is 0.792 bits per heavy atom. The fraction of sp³-hybridized carbons (Fsp3) is 0.385. The Balaban J connectivity index is 1.82. The Hall–Kier alpha value is -2.77. The molecule has 0 unspecified atom stereocenters. The quantitative estimate of drug-likeness (QED) is 0.189. The van der Waals surface area contributed by atoms with Crippen molar-refractivity contribution in [2.75, 3.05) is 0 Å². The van der Waals surface area contributed by atoms with E-state index in [9.17, 15) is 0 Å². The fourth-order valence-electron chi connectivity index (χ4n) is 7.31. The van der Waals surface area contributed by atoms with Gasteiger partial charge in [0.05, 0.1) is 9.79 Å². The molecule has 5 rings (SSSR count). The summed E-state index contributed by atoms with van der Waals surface area (Å²) in [5.41, 5.74) is 5.94. The van der Waals surface area contributed by atoms with Gasteiger partial charge in [-0.15, -0.1) is 0 Å². The molecular formula is C39H49AlN2O4S2. The van der Waals surface area contributed by atoms with Crippen LogP contribution in [0.3, 0.4) is 0 Å². The van der Waals surface area contributed by atoms with Crippen LogP contribution in [0.15, 0.2) is 94.7 Å². The van der Waals surface area contributed by atoms with Crippen LogP contribution in [0.1, 0.15) is 98.1 Å². The van der Waals surface area contributed by atoms with Gasteiger partial charge in [-0.25, -0.2) is 16.8 Å². The van der Waals surface area contributed by atoms with E-state index in [-0.39, 0.29) is 20.6 Å². The first-order valence-corrected chi connectivity index (χ1v) is 21.7. The number of hydrogen-bond donors (Lipinski definition) is 0. The van der Waals surface area contributed by atoms with Crippen molar-refractivity contribution in [2.24, 2.45) is 0 Å². The molecule has 6 nitrogen and oxygen atoms in total. The monoisotopic (exact) mass is 700 g/mol. The topological polar surface area (TPSA) is 74.8 Å². The highest BCUT2D eigenvalue weighted by atomic mass is 32.2. The molecule has 0 radical (unpaired) electrons. The summed E-state index contributed by atoms with van der Waals surface area (Å²) in [6, 6.07) is 25.3. The smallest absolute Gasteiger partial charge is 0.253 e. The average Bonchev–Trinajstić information content (AvgIpc) is 3.30. The minimum Gasteiger partial charge on any atom is -0.253 e. The van der Waals surface area contributed by atoms with Crippen molar-refractivity contribution >= 4 is 34.6 Å². The van der Waals surface area contributed by atoms with E-state index in [0.29, 0.717) is 22.3 Å². The summed E-state index contributed by atoms with van der Waals surface area (Å²) in [4.78, 5) is 0.507. The van der Waals surface area contributed by atoms with Gasteiger partial charge in [-0.05, 0) is 83.0 Å². The first kappa shape index (κ1) is 36.5. The van der Waals surface area contributed by atoms with E-state index in [1.807, 2.05) is 118 Å². The highest BCUT2D eigenvalue weighted by Gasteiger charge is 2.60. The molecule has 48 heavy (non-hydrogen) atoms. The van der Waals surface area contributed by atoms with Gasteiger partial charge in [-0.2, -0.15) is 0 Å². The van der Waals surface area contributed by atoms with Crippen LogP contribution in [0.5, 0.6) is 0 Å². The molecule has 254 valence electrons. The van der Waals surface area contributed by atoms with E-state index < -0.39 is 46.7 Å². The normalized spacial score (nSPS) is 18.4. The van der Waals surface area contributed by atoms with E-state index in [1.54, 1.807) is 6.58 Å². The maximum atomic E-state index is 15.2. The van der Waals surface area contributed by atoms with Crippen LogP contribution in [-0.4, -0.2) is 38.0 Å². The molecule has 4 aromatic rings. The highest BCUT2D eigenvalue weighted by molar-refractivity contribution is 7.92. The zero-order chi connectivity index (χ0) is 35.6. The van der Waals surface area contributed by atoms with Gasteiger partial charge in [-0.3, -0.25) is 6.58 Å². The predicted molar refractivity (Wildman–Crippen MR) is 197 cm³/mol. The Morgan fingerprint density at radius 3 is 1.04 bits per heavy atom. The summed E-state index contributed by atoms with van der Waals surface area (Å²) >= 11 is -3.01. The van der Waals surface area contributed by atoms with Crippen molar-refractivity contribution in [3.63, 3.8) is 0 Å².